The summed E-state index contributed by atoms with van der Waals surface area (Å²) in [6.45, 7) is 0.243. The molecule has 2 aromatic rings. The normalized spacial score (nSPS) is 21.6. The third kappa shape index (κ3) is 3.08. The molecule has 0 unspecified atom stereocenters. The number of carbonyl (C=O) groups excluding carboxylic acids is 3. The molecule has 4 rings (SSSR count). The molecule has 2 atom stereocenters. The minimum Gasteiger partial charge on any atom is -0.349 e. The molecule has 7 nitrogen and oxygen atoms in total. The Balaban J connectivity index is 1.51. The van der Waals surface area contributed by atoms with Gasteiger partial charge in [-0.3, -0.25) is 14.6 Å². The van der Waals surface area contributed by atoms with Crippen molar-refractivity contribution >= 4 is 23.5 Å². The lowest BCUT2D eigenvalue weighted by Gasteiger charge is -2.32. The Morgan fingerprint density at radius 1 is 1.21 bits per heavy atom. The fourth-order valence-electron chi connectivity index (χ4n) is 3.58. The quantitative estimate of drug-likeness (QED) is 0.819. The van der Waals surface area contributed by atoms with E-state index in [2.05, 4.69) is 10.3 Å². The lowest BCUT2D eigenvalue weighted by molar-refractivity contribution is -0.120. The van der Waals surface area contributed by atoms with Crippen LogP contribution in [0.4, 0.5) is 19.3 Å². The molecule has 2 fully saturated rings. The van der Waals surface area contributed by atoms with Gasteiger partial charge in [-0.05, 0) is 37.1 Å². The lowest BCUT2D eigenvalue weighted by Crippen LogP contribution is -2.49. The zero-order chi connectivity index (χ0) is 19.8. The van der Waals surface area contributed by atoms with E-state index in [0.29, 0.717) is 18.1 Å². The number of imide groups is 1. The largest absolute Gasteiger partial charge is 0.349 e. The van der Waals surface area contributed by atoms with Crippen LogP contribution in [0.1, 0.15) is 23.2 Å². The van der Waals surface area contributed by atoms with E-state index in [1.807, 2.05) is 0 Å². The SMILES string of the molecule is O=C(N[C@@H]1CCN2C(=O)N(c3ccc(F)cc3F)C(=O)[C@@H]2C1)c1cccnc1. The van der Waals surface area contributed by atoms with Crippen LogP contribution in [0.5, 0.6) is 0 Å². The third-order valence-corrected chi connectivity index (χ3v) is 4.95. The number of anilines is 1. The maximum atomic E-state index is 14.1. The molecule has 0 radical (unpaired) electrons. The van der Waals surface area contributed by atoms with Crippen molar-refractivity contribution in [3.63, 3.8) is 0 Å². The highest BCUT2D eigenvalue weighted by atomic mass is 19.1. The van der Waals surface area contributed by atoms with Gasteiger partial charge in [-0.2, -0.15) is 0 Å². The minimum absolute atomic E-state index is 0.218. The number of rotatable bonds is 3. The number of nitrogens with one attached hydrogen (secondary N) is 1. The average Bonchev–Trinajstić information content (AvgIpc) is 2.93. The third-order valence-electron chi connectivity index (χ3n) is 4.95. The summed E-state index contributed by atoms with van der Waals surface area (Å²) >= 11 is 0. The van der Waals surface area contributed by atoms with Gasteiger partial charge in [0.2, 0.25) is 0 Å². The molecule has 0 spiro atoms. The van der Waals surface area contributed by atoms with E-state index in [-0.39, 0.29) is 30.6 Å². The van der Waals surface area contributed by atoms with Gasteiger partial charge in [0.15, 0.2) is 0 Å². The zero-order valence-electron chi connectivity index (χ0n) is 14.6. The van der Waals surface area contributed by atoms with E-state index in [9.17, 15) is 23.2 Å². The Hall–Kier alpha value is -3.36. The maximum absolute atomic E-state index is 14.1. The lowest BCUT2D eigenvalue weighted by atomic mass is 9.97. The van der Waals surface area contributed by atoms with Crippen LogP contribution < -0.4 is 10.2 Å². The molecule has 0 bridgehead atoms. The Morgan fingerprint density at radius 3 is 2.75 bits per heavy atom. The summed E-state index contributed by atoms with van der Waals surface area (Å²) in [7, 11) is 0. The summed E-state index contributed by atoms with van der Waals surface area (Å²) in [5, 5.41) is 2.85. The molecule has 2 aliphatic heterocycles. The molecule has 28 heavy (non-hydrogen) atoms. The van der Waals surface area contributed by atoms with Crippen molar-refractivity contribution in [3.05, 3.63) is 59.9 Å². The predicted octanol–water partition coefficient (Wildman–Crippen LogP) is 2.09. The fraction of sp³-hybridized carbons (Fsp3) is 0.263. The number of fused-ring (bicyclic) bond motifs is 1. The summed E-state index contributed by atoms with van der Waals surface area (Å²) in [5.41, 5.74) is 0.121. The molecular formula is C19H16F2N4O3. The summed E-state index contributed by atoms with van der Waals surface area (Å²) in [6, 6.07) is 4.20. The van der Waals surface area contributed by atoms with Gasteiger partial charge in [0.25, 0.3) is 11.8 Å². The van der Waals surface area contributed by atoms with Crippen LogP contribution in [0.2, 0.25) is 0 Å². The second-order valence-corrected chi connectivity index (χ2v) is 6.70. The summed E-state index contributed by atoms with van der Waals surface area (Å²) in [5.74, 6) is -2.68. The number of amides is 4. The molecule has 144 valence electrons. The summed E-state index contributed by atoms with van der Waals surface area (Å²) in [4.78, 5) is 43.7. The van der Waals surface area contributed by atoms with E-state index < -0.39 is 29.6 Å². The Kier molecular flexibility index (Phi) is 4.50. The Morgan fingerprint density at radius 2 is 2.04 bits per heavy atom. The first-order chi connectivity index (χ1) is 13.5. The van der Waals surface area contributed by atoms with Crippen LogP contribution in [0, 0.1) is 11.6 Å². The maximum Gasteiger partial charge on any atom is 0.332 e. The van der Waals surface area contributed by atoms with E-state index >= 15 is 0 Å². The summed E-state index contributed by atoms with van der Waals surface area (Å²) < 4.78 is 27.2. The van der Waals surface area contributed by atoms with Crippen molar-refractivity contribution in [1.82, 2.24) is 15.2 Å². The first kappa shape index (κ1) is 18.0. The molecule has 2 aliphatic rings. The molecule has 0 saturated carbocycles. The van der Waals surface area contributed by atoms with Gasteiger partial charge in [0, 0.05) is 31.0 Å². The van der Waals surface area contributed by atoms with E-state index in [4.69, 9.17) is 0 Å². The van der Waals surface area contributed by atoms with Crippen molar-refractivity contribution in [3.8, 4) is 0 Å². The van der Waals surface area contributed by atoms with Crippen LogP contribution in [-0.2, 0) is 4.79 Å². The van der Waals surface area contributed by atoms with E-state index in [0.717, 1.165) is 17.0 Å². The predicted molar refractivity (Wildman–Crippen MR) is 94.5 cm³/mol. The zero-order valence-corrected chi connectivity index (χ0v) is 14.6. The number of benzene rings is 1. The molecular weight excluding hydrogens is 370 g/mol. The monoisotopic (exact) mass is 386 g/mol. The highest BCUT2D eigenvalue weighted by Crippen LogP contribution is 2.32. The second kappa shape index (κ2) is 6.99. The van der Waals surface area contributed by atoms with Crippen molar-refractivity contribution in [2.24, 2.45) is 0 Å². The second-order valence-electron chi connectivity index (χ2n) is 6.70. The van der Waals surface area contributed by atoms with Crippen molar-refractivity contribution in [1.29, 1.82) is 0 Å². The molecule has 1 aromatic carbocycles. The molecule has 1 N–H and O–H groups in total. The molecule has 4 amide bonds. The van der Waals surface area contributed by atoms with Crippen LogP contribution in [0.25, 0.3) is 0 Å². The number of carbonyl (C=O) groups is 3. The number of halogens is 2. The average molecular weight is 386 g/mol. The first-order valence-corrected chi connectivity index (χ1v) is 8.76. The highest BCUT2D eigenvalue weighted by molar-refractivity contribution is 6.21. The van der Waals surface area contributed by atoms with Crippen molar-refractivity contribution in [2.75, 3.05) is 11.4 Å². The fourth-order valence-corrected chi connectivity index (χ4v) is 3.58. The van der Waals surface area contributed by atoms with Gasteiger partial charge in [0.1, 0.15) is 17.7 Å². The molecule has 0 aliphatic carbocycles. The number of nitrogens with zero attached hydrogens (tertiary/aromatic N) is 3. The van der Waals surface area contributed by atoms with Crippen LogP contribution in [0.3, 0.4) is 0 Å². The van der Waals surface area contributed by atoms with Crippen LogP contribution in [0.15, 0.2) is 42.7 Å². The van der Waals surface area contributed by atoms with Gasteiger partial charge in [-0.1, -0.05) is 0 Å². The number of hydrogen-bond donors (Lipinski definition) is 1. The minimum atomic E-state index is -0.983. The topological polar surface area (TPSA) is 82.6 Å². The van der Waals surface area contributed by atoms with Gasteiger partial charge in [-0.15, -0.1) is 0 Å². The van der Waals surface area contributed by atoms with Gasteiger partial charge in [-0.25, -0.2) is 18.5 Å². The number of aromatic nitrogens is 1. The van der Waals surface area contributed by atoms with Gasteiger partial charge < -0.3 is 10.2 Å². The van der Waals surface area contributed by atoms with E-state index in [1.54, 1.807) is 18.3 Å². The molecule has 9 heteroatoms. The smallest absolute Gasteiger partial charge is 0.332 e. The van der Waals surface area contributed by atoms with E-state index in [1.165, 1.54) is 11.1 Å². The number of hydrogen-bond acceptors (Lipinski definition) is 4. The van der Waals surface area contributed by atoms with Crippen molar-refractivity contribution in [2.45, 2.75) is 24.9 Å². The van der Waals surface area contributed by atoms with Crippen LogP contribution >= 0.6 is 0 Å². The van der Waals surface area contributed by atoms with Crippen molar-refractivity contribution < 1.29 is 23.2 Å². The first-order valence-electron chi connectivity index (χ1n) is 8.76. The molecule has 3 heterocycles. The van der Waals surface area contributed by atoms with Gasteiger partial charge >= 0.3 is 6.03 Å². The van der Waals surface area contributed by atoms with Crippen LogP contribution in [-0.4, -0.2) is 46.4 Å². The highest BCUT2D eigenvalue weighted by Gasteiger charge is 2.49. The number of piperidine rings is 1. The standard InChI is InChI=1S/C19H16F2N4O3/c20-12-3-4-15(14(21)8-12)25-18(27)16-9-13(5-7-24(16)19(25)28)23-17(26)11-2-1-6-22-10-11/h1-4,6,8,10,13,16H,5,7,9H2,(H,23,26)/t13-,16+/m1/s1. The number of urea groups is 1. The summed E-state index contributed by atoms with van der Waals surface area (Å²) in [6.07, 6.45) is 3.67. The molecule has 2 saturated heterocycles. The Labute approximate surface area is 159 Å². The van der Waals surface area contributed by atoms with Gasteiger partial charge in [0.05, 0.1) is 11.3 Å². The number of pyridine rings is 1. The molecule has 1 aromatic heterocycles. The Bertz CT molecular complexity index is 953.